The Morgan fingerprint density at radius 1 is 1.07 bits per heavy atom. The number of aliphatic hydroxyl groups excluding tert-OH is 1. The predicted molar refractivity (Wildman–Crippen MR) is 157 cm³/mol. The first-order valence-corrected chi connectivity index (χ1v) is 14.9. The summed E-state index contributed by atoms with van der Waals surface area (Å²) in [6.07, 6.45) is 0.706. The van der Waals surface area contributed by atoms with Gasteiger partial charge in [0.15, 0.2) is 4.34 Å². The van der Waals surface area contributed by atoms with Crippen LogP contribution in [0.15, 0.2) is 76.6 Å². The second-order valence-corrected chi connectivity index (χ2v) is 12.5. The molecule has 0 bridgehead atoms. The Kier molecular flexibility index (Phi) is 7.31. The summed E-state index contributed by atoms with van der Waals surface area (Å²) in [6, 6.07) is 18.7. The lowest BCUT2D eigenvalue weighted by Crippen LogP contribution is -2.29. The fourth-order valence-electron chi connectivity index (χ4n) is 4.83. The van der Waals surface area contributed by atoms with Gasteiger partial charge in [-0.3, -0.25) is 14.5 Å². The summed E-state index contributed by atoms with van der Waals surface area (Å²) in [5.74, 6) is -0.500. The molecule has 2 atom stereocenters. The maximum atomic E-state index is 13.5. The van der Waals surface area contributed by atoms with Crippen LogP contribution in [0.5, 0.6) is 5.75 Å². The zero-order valence-corrected chi connectivity index (χ0v) is 24.2. The summed E-state index contributed by atoms with van der Waals surface area (Å²) in [7, 11) is 0. The number of amides is 1. The summed E-state index contributed by atoms with van der Waals surface area (Å²) in [5, 5.41) is 21.3. The third-order valence-electron chi connectivity index (χ3n) is 6.66. The van der Waals surface area contributed by atoms with Gasteiger partial charge in [-0.1, -0.05) is 70.6 Å². The van der Waals surface area contributed by atoms with Crippen molar-refractivity contribution in [3.05, 3.63) is 105 Å². The maximum Gasteiger partial charge on any atom is 0.301 e. The highest BCUT2D eigenvalue weighted by molar-refractivity contribution is 8.00. The van der Waals surface area contributed by atoms with E-state index in [2.05, 4.69) is 10.2 Å². The molecule has 0 unspecified atom stereocenters. The number of carbonyl (C=O) groups is 2. The van der Waals surface area contributed by atoms with Crippen LogP contribution in [0.4, 0.5) is 5.13 Å². The van der Waals surface area contributed by atoms with Gasteiger partial charge >= 0.3 is 5.91 Å². The van der Waals surface area contributed by atoms with Crippen LogP contribution in [0.1, 0.15) is 35.2 Å². The maximum absolute atomic E-state index is 13.5. The minimum absolute atomic E-state index is 0.0218. The first-order chi connectivity index (χ1) is 19.3. The molecule has 4 aromatic rings. The molecule has 1 amide bonds. The van der Waals surface area contributed by atoms with Crippen LogP contribution in [-0.2, 0) is 21.8 Å². The molecule has 1 fully saturated rings. The van der Waals surface area contributed by atoms with Gasteiger partial charge in [0, 0.05) is 27.8 Å². The Morgan fingerprint density at radius 3 is 2.65 bits per heavy atom. The number of ether oxygens (including phenoxy) is 1. The van der Waals surface area contributed by atoms with Crippen LogP contribution in [0.25, 0.3) is 5.76 Å². The lowest BCUT2D eigenvalue weighted by Gasteiger charge is -2.22. The van der Waals surface area contributed by atoms with E-state index in [1.165, 1.54) is 28.0 Å². The number of carbonyl (C=O) groups excluding carboxylic acids is 2. The van der Waals surface area contributed by atoms with Crippen LogP contribution in [0.3, 0.4) is 0 Å². The van der Waals surface area contributed by atoms with Crippen molar-refractivity contribution in [1.82, 2.24) is 10.2 Å². The van der Waals surface area contributed by atoms with Crippen molar-refractivity contribution >= 4 is 68.9 Å². The van der Waals surface area contributed by atoms with Crippen LogP contribution < -0.4 is 9.64 Å². The van der Waals surface area contributed by atoms with E-state index in [1.807, 2.05) is 31.2 Å². The van der Waals surface area contributed by atoms with Gasteiger partial charge in [0.25, 0.3) is 5.78 Å². The van der Waals surface area contributed by atoms with Gasteiger partial charge in [0.05, 0.1) is 11.6 Å². The SMILES string of the molecule is C[C@@H]1Cc2cc(C(O)=C3C(=O)C(=O)N(c4nnc(SCc5ccc(Cl)cc5)s4)[C@@H]3c3cccc(Cl)c3)ccc2O1. The molecule has 7 nitrogen and oxygen atoms in total. The Morgan fingerprint density at radius 2 is 1.88 bits per heavy atom. The van der Waals surface area contributed by atoms with Crippen LogP contribution in [-0.4, -0.2) is 33.1 Å². The summed E-state index contributed by atoms with van der Waals surface area (Å²) in [5.41, 5.74) is 2.94. The molecule has 3 heterocycles. The molecule has 0 radical (unpaired) electrons. The van der Waals surface area contributed by atoms with Crippen molar-refractivity contribution in [2.75, 3.05) is 4.90 Å². The monoisotopic (exact) mass is 609 g/mol. The van der Waals surface area contributed by atoms with E-state index < -0.39 is 17.7 Å². The van der Waals surface area contributed by atoms with Crippen molar-refractivity contribution in [1.29, 1.82) is 0 Å². The number of hydrogen-bond donors (Lipinski definition) is 1. The molecule has 11 heteroatoms. The number of hydrogen-bond acceptors (Lipinski definition) is 8. The molecule has 1 N–H and O–H groups in total. The number of thioether (sulfide) groups is 1. The number of nitrogens with zero attached hydrogens (tertiary/aromatic N) is 3. The summed E-state index contributed by atoms with van der Waals surface area (Å²) < 4.78 is 6.41. The molecule has 0 aliphatic carbocycles. The topological polar surface area (TPSA) is 92.6 Å². The molecule has 0 spiro atoms. The molecule has 6 rings (SSSR count). The largest absolute Gasteiger partial charge is 0.507 e. The first-order valence-electron chi connectivity index (χ1n) is 12.4. The summed E-state index contributed by atoms with van der Waals surface area (Å²) >= 11 is 14.9. The number of benzene rings is 3. The van der Waals surface area contributed by atoms with E-state index in [1.54, 1.807) is 42.5 Å². The van der Waals surface area contributed by atoms with E-state index in [0.29, 0.717) is 37.7 Å². The number of fused-ring (bicyclic) bond motifs is 1. The molecule has 2 aliphatic rings. The fourth-order valence-corrected chi connectivity index (χ4v) is 6.98. The van der Waals surface area contributed by atoms with Gasteiger partial charge < -0.3 is 9.84 Å². The third-order valence-corrected chi connectivity index (χ3v) is 9.27. The van der Waals surface area contributed by atoms with Crippen molar-refractivity contribution in [2.45, 2.75) is 35.6 Å². The normalized spacial score (nSPS) is 19.6. The number of halogens is 2. The highest BCUT2D eigenvalue weighted by atomic mass is 35.5. The van der Waals surface area contributed by atoms with E-state index in [4.69, 9.17) is 27.9 Å². The smallest absolute Gasteiger partial charge is 0.301 e. The fraction of sp³-hybridized carbons (Fsp3) is 0.172. The second kappa shape index (κ2) is 10.9. The van der Waals surface area contributed by atoms with Crippen molar-refractivity contribution in [3.8, 4) is 5.75 Å². The number of rotatable bonds is 6. The van der Waals surface area contributed by atoms with Gasteiger partial charge in [0.2, 0.25) is 5.13 Å². The Labute approximate surface area is 248 Å². The summed E-state index contributed by atoms with van der Waals surface area (Å²) in [4.78, 5) is 28.2. The van der Waals surface area contributed by atoms with E-state index >= 15 is 0 Å². The van der Waals surface area contributed by atoms with Gasteiger partial charge in [-0.15, -0.1) is 10.2 Å². The molecule has 1 aromatic heterocycles. The molecule has 40 heavy (non-hydrogen) atoms. The molecular weight excluding hydrogens is 589 g/mol. The minimum atomic E-state index is -0.941. The van der Waals surface area contributed by atoms with E-state index in [9.17, 15) is 14.7 Å². The summed E-state index contributed by atoms with van der Waals surface area (Å²) in [6.45, 7) is 1.97. The average Bonchev–Trinajstić information content (AvgIpc) is 3.63. The van der Waals surface area contributed by atoms with E-state index in [0.717, 1.165) is 16.9 Å². The molecule has 0 saturated carbocycles. The van der Waals surface area contributed by atoms with Gasteiger partial charge in [0.1, 0.15) is 17.6 Å². The standard InChI is InChI=1S/C29H21Cl2N3O4S2/c1-15-11-19-12-18(7-10-22(19)38-15)25(35)23-24(17-3-2-4-21(31)13-17)34(27(37)26(23)36)28-32-33-29(40-28)39-14-16-5-8-20(30)9-6-16/h2-10,12-13,15,24,35H,11,14H2,1H3/t15-,24-/m1/s1. The Hall–Kier alpha value is -3.37. The van der Waals surface area contributed by atoms with Gasteiger partial charge in [-0.2, -0.15) is 0 Å². The second-order valence-electron chi connectivity index (χ2n) is 9.44. The molecule has 3 aromatic carbocycles. The number of ketones is 1. The van der Waals surface area contributed by atoms with Crippen molar-refractivity contribution in [2.24, 2.45) is 0 Å². The third kappa shape index (κ3) is 5.10. The van der Waals surface area contributed by atoms with Gasteiger partial charge in [-0.25, -0.2) is 0 Å². The number of Topliss-reactive ketones (excluding diaryl/α,β-unsaturated/α-hetero) is 1. The highest BCUT2D eigenvalue weighted by Gasteiger charge is 2.48. The lowest BCUT2D eigenvalue weighted by molar-refractivity contribution is -0.132. The molecular formula is C29H21Cl2N3O4S2. The van der Waals surface area contributed by atoms with Crippen LogP contribution in [0, 0.1) is 0 Å². The molecule has 1 saturated heterocycles. The quantitative estimate of drug-likeness (QED) is 0.0820. The van der Waals surface area contributed by atoms with Crippen LogP contribution in [0.2, 0.25) is 10.0 Å². The Balaban J connectivity index is 1.38. The minimum Gasteiger partial charge on any atom is -0.507 e. The lowest BCUT2D eigenvalue weighted by atomic mass is 9.94. The average molecular weight is 611 g/mol. The molecule has 2 aliphatic heterocycles. The Bertz CT molecular complexity index is 1670. The highest BCUT2D eigenvalue weighted by Crippen LogP contribution is 2.45. The zero-order chi connectivity index (χ0) is 28.0. The van der Waals surface area contributed by atoms with Crippen molar-refractivity contribution < 1.29 is 19.4 Å². The van der Waals surface area contributed by atoms with Crippen molar-refractivity contribution in [3.63, 3.8) is 0 Å². The van der Waals surface area contributed by atoms with E-state index in [-0.39, 0.29) is 22.6 Å². The zero-order valence-electron chi connectivity index (χ0n) is 21.0. The predicted octanol–water partition coefficient (Wildman–Crippen LogP) is 7.09. The van der Waals surface area contributed by atoms with Gasteiger partial charge in [-0.05, 0) is 66.1 Å². The molecule has 202 valence electrons. The number of aromatic nitrogens is 2. The number of aliphatic hydroxyl groups is 1. The van der Waals surface area contributed by atoms with Crippen LogP contribution >= 0.6 is 46.3 Å². The number of anilines is 1. The first kappa shape index (κ1) is 26.8.